The first kappa shape index (κ1) is 86.8. The first-order valence-electron chi connectivity index (χ1n) is 50.7. The highest BCUT2D eigenvalue weighted by Gasteiger charge is 2.27. The summed E-state index contributed by atoms with van der Waals surface area (Å²) in [6.07, 6.45) is 0. The maximum atomic E-state index is 5.24. The highest BCUT2D eigenvalue weighted by molar-refractivity contribution is 6.32. The molecule has 6 aromatic heterocycles. The summed E-state index contributed by atoms with van der Waals surface area (Å²) in [5, 5.41) is 27.3. The highest BCUT2D eigenvalue weighted by Crippen LogP contribution is 2.49. The summed E-state index contributed by atoms with van der Waals surface area (Å²) in [6, 6.07) is 192. The van der Waals surface area contributed by atoms with Crippen LogP contribution in [0.1, 0.15) is 0 Å². The number of fused-ring (bicyclic) bond motifs is 23. The van der Waals surface area contributed by atoms with E-state index < -0.39 is 0 Å². The van der Waals surface area contributed by atoms with Crippen molar-refractivity contribution < 1.29 is 0 Å². The molecule has 9 heteroatoms. The summed E-state index contributed by atoms with van der Waals surface area (Å²) in [7, 11) is 0. The molecule has 694 valence electrons. The third kappa shape index (κ3) is 15.4. The van der Waals surface area contributed by atoms with Gasteiger partial charge in [-0.1, -0.05) is 449 Å². The lowest BCUT2D eigenvalue weighted by molar-refractivity contribution is 1.17. The van der Waals surface area contributed by atoms with Gasteiger partial charge in [0.1, 0.15) is 0 Å². The molecule has 0 atom stereocenters. The van der Waals surface area contributed by atoms with Crippen LogP contribution in [-0.4, -0.2) is 43.6 Å². The molecule has 149 heavy (non-hydrogen) atoms. The first-order chi connectivity index (χ1) is 73.9. The summed E-state index contributed by atoms with van der Waals surface area (Å²) < 4.78 is 7.37. The van der Waals surface area contributed by atoms with Crippen molar-refractivity contribution >= 4 is 152 Å². The van der Waals surface area contributed by atoms with E-state index >= 15 is 0 Å². The predicted molar refractivity (Wildman–Crippen MR) is 624 cm³/mol. The molecule has 0 aliphatic rings. The topological polar surface area (TPSA) is 92.1 Å². The van der Waals surface area contributed by atoms with Crippen molar-refractivity contribution in [3.8, 4) is 130 Å². The molecule has 30 rings (SSSR count). The first-order valence-corrected chi connectivity index (χ1v) is 50.7. The average molecular weight is 1900 g/mol. The van der Waals surface area contributed by atoms with Crippen LogP contribution in [0.5, 0.6) is 0 Å². The van der Waals surface area contributed by atoms with Crippen molar-refractivity contribution in [2.45, 2.75) is 0 Å². The third-order valence-electron chi connectivity index (χ3n) is 29.5. The van der Waals surface area contributed by atoms with Gasteiger partial charge in [0.25, 0.3) is 0 Å². The molecule has 6 heterocycles. The van der Waals surface area contributed by atoms with Gasteiger partial charge in [0.15, 0.2) is 17.5 Å². The number of aromatic nitrogens is 9. The van der Waals surface area contributed by atoms with Crippen LogP contribution in [-0.2, 0) is 0 Å². The smallest absolute Gasteiger partial charge is 0.160 e. The monoisotopic (exact) mass is 1900 g/mol. The molecule has 0 amide bonds. The van der Waals surface area contributed by atoms with Gasteiger partial charge in [0.05, 0.1) is 78.6 Å². The Labute approximate surface area is 858 Å². The lowest BCUT2D eigenvalue weighted by Crippen LogP contribution is -1.99. The van der Waals surface area contributed by atoms with Crippen LogP contribution >= 0.6 is 0 Å². The molecular formula is C140H89N9. The standard InChI is InChI=1S/C48H31N3.2C46H29N3/c1-4-14-32(15-5-1)37-28-38(43-31-42(35-18-6-2-7-19-35)49-48(50-43)36-20-8-3-9-21-36)30-39(29-37)51-44-26-24-33-16-10-12-22-40(33)46(44)47-41-23-13-11-17-34(41)25-27-45(47)51;1-3-15-32(16-4-1)39-29-40(48-46(47-39)33-17-5-2-6-18-33)35-27-34-19-9-10-20-36(34)43(28-35)49-41-25-23-30-13-7-11-21-37(30)44(41)45-38-22-12-8-14-31(38)24-26-42(45)49;1-3-15-32(16-4-1)39-29-40(48-46(47-39)33-17-5-2-6-18-33)37-25-28-41(38-22-12-11-21-36(37)38)49-42-26-23-30-13-7-9-19-34(30)44(42)45-35-20-10-8-14-31(35)24-27-43(45)49/h1-31H;2*1-29H. The van der Waals surface area contributed by atoms with E-state index in [0.717, 1.165) is 123 Å². The zero-order valence-electron chi connectivity index (χ0n) is 80.9. The second-order valence-corrected chi connectivity index (χ2v) is 38.2. The second-order valence-electron chi connectivity index (χ2n) is 38.2. The van der Waals surface area contributed by atoms with Crippen LogP contribution in [0.3, 0.4) is 0 Å². The maximum absolute atomic E-state index is 5.24. The molecule has 0 saturated carbocycles. The van der Waals surface area contributed by atoms with Gasteiger partial charge in [0, 0.05) is 98.8 Å². The van der Waals surface area contributed by atoms with Gasteiger partial charge in [-0.15, -0.1) is 0 Å². The minimum absolute atomic E-state index is 0.702. The van der Waals surface area contributed by atoms with Gasteiger partial charge in [-0.2, -0.15) is 0 Å². The third-order valence-corrected chi connectivity index (χ3v) is 29.5. The zero-order chi connectivity index (χ0) is 98.4. The van der Waals surface area contributed by atoms with Crippen molar-refractivity contribution in [2.75, 3.05) is 0 Å². The van der Waals surface area contributed by atoms with Gasteiger partial charge < -0.3 is 13.7 Å². The van der Waals surface area contributed by atoms with E-state index in [1.54, 1.807) is 0 Å². The van der Waals surface area contributed by atoms with E-state index in [1.165, 1.54) is 141 Å². The van der Waals surface area contributed by atoms with E-state index in [-0.39, 0.29) is 0 Å². The fourth-order valence-electron chi connectivity index (χ4n) is 22.6. The Kier molecular flexibility index (Phi) is 21.4. The number of hydrogen-bond donors (Lipinski definition) is 0. The fourth-order valence-corrected chi connectivity index (χ4v) is 22.6. The Morgan fingerprint density at radius 2 is 0.376 bits per heavy atom. The summed E-state index contributed by atoms with van der Waals surface area (Å²) in [4.78, 5) is 30.8. The van der Waals surface area contributed by atoms with Crippen molar-refractivity contribution in [1.82, 2.24) is 43.6 Å². The lowest BCUT2D eigenvalue weighted by atomic mass is 9.98. The van der Waals surface area contributed by atoms with Crippen LogP contribution in [0, 0.1) is 0 Å². The van der Waals surface area contributed by atoms with E-state index in [9.17, 15) is 0 Å². The molecule has 0 bridgehead atoms. The average Bonchev–Trinajstić information content (AvgIpc) is 1.56. The Balaban J connectivity index is 0.000000108. The van der Waals surface area contributed by atoms with Crippen molar-refractivity contribution in [3.63, 3.8) is 0 Å². The Bertz CT molecular complexity index is 10100. The summed E-state index contributed by atoms with van der Waals surface area (Å²) in [5.41, 5.74) is 27.4. The highest BCUT2D eigenvalue weighted by atomic mass is 15.0. The van der Waals surface area contributed by atoms with E-state index in [1.807, 2.05) is 72.8 Å². The van der Waals surface area contributed by atoms with Crippen LogP contribution < -0.4 is 0 Å². The van der Waals surface area contributed by atoms with Crippen LogP contribution in [0.25, 0.3) is 281 Å². The number of rotatable bonds is 13. The summed E-state index contributed by atoms with van der Waals surface area (Å²) in [5.74, 6) is 2.13. The molecule has 24 aromatic carbocycles. The van der Waals surface area contributed by atoms with Crippen molar-refractivity contribution in [2.24, 2.45) is 0 Å². The Hall–Kier alpha value is -20.0. The van der Waals surface area contributed by atoms with Crippen LogP contribution in [0.2, 0.25) is 0 Å². The van der Waals surface area contributed by atoms with Gasteiger partial charge in [0.2, 0.25) is 0 Å². The van der Waals surface area contributed by atoms with Crippen molar-refractivity contribution in [3.05, 3.63) is 540 Å². The largest absolute Gasteiger partial charge is 0.309 e. The predicted octanol–water partition coefficient (Wildman–Crippen LogP) is 36.6. The fraction of sp³-hybridized carbons (Fsp3) is 0. The molecule has 30 aromatic rings. The molecular weight excluding hydrogens is 1810 g/mol. The van der Waals surface area contributed by atoms with Gasteiger partial charge in [-0.3, -0.25) is 0 Å². The molecule has 9 nitrogen and oxygen atoms in total. The minimum atomic E-state index is 0.702. The molecule has 0 saturated heterocycles. The van der Waals surface area contributed by atoms with Crippen molar-refractivity contribution in [1.29, 1.82) is 0 Å². The van der Waals surface area contributed by atoms with E-state index in [2.05, 4.69) is 481 Å². The number of nitrogens with zero attached hydrogens (tertiary/aromatic N) is 9. The van der Waals surface area contributed by atoms with E-state index in [4.69, 9.17) is 29.9 Å². The molecule has 0 radical (unpaired) electrons. The molecule has 0 spiro atoms. The Morgan fingerprint density at radius 1 is 0.128 bits per heavy atom. The normalized spacial score (nSPS) is 11.6. The van der Waals surface area contributed by atoms with Gasteiger partial charge in [-0.25, -0.2) is 29.9 Å². The maximum Gasteiger partial charge on any atom is 0.160 e. The second kappa shape index (κ2) is 36.8. The van der Waals surface area contributed by atoms with E-state index in [0.29, 0.717) is 17.5 Å². The number of hydrogen-bond acceptors (Lipinski definition) is 6. The lowest BCUT2D eigenvalue weighted by Gasteiger charge is -2.16. The van der Waals surface area contributed by atoms with Gasteiger partial charge in [-0.05, 0) is 178 Å². The summed E-state index contributed by atoms with van der Waals surface area (Å²) >= 11 is 0. The van der Waals surface area contributed by atoms with Crippen LogP contribution in [0.4, 0.5) is 0 Å². The molecule has 0 fully saturated rings. The van der Waals surface area contributed by atoms with Gasteiger partial charge >= 0.3 is 0 Å². The number of benzene rings is 24. The zero-order valence-corrected chi connectivity index (χ0v) is 80.9. The molecule has 0 aliphatic heterocycles. The van der Waals surface area contributed by atoms with Crippen LogP contribution in [0.15, 0.2) is 540 Å². The molecule has 0 unspecified atom stereocenters. The molecule has 0 aliphatic carbocycles. The summed E-state index contributed by atoms with van der Waals surface area (Å²) in [6.45, 7) is 0. The quantitative estimate of drug-likeness (QED) is 0.114. The minimum Gasteiger partial charge on any atom is -0.309 e. The SMILES string of the molecule is c1ccc(-c2cc(-c3cc(-c4ccccc4)nc(-c4ccccc4)n3)cc(-n3c4ccc5ccccc5c4c4c5ccccc5ccc43)c2)cc1.c1ccc(-c2cc(-c3cc(-n4c5ccc6ccccc6c5c5c6ccccc6ccc54)c4ccccc4c3)nc(-c3ccccc3)n2)cc1.c1ccc(-c2cc(-c3ccc(-n4c5ccc6ccccc6c5c5c6ccccc6ccc54)c4ccccc34)nc(-c3ccccc3)n2)cc1. The molecule has 0 N–H and O–H groups in total. The Morgan fingerprint density at radius 3 is 0.725 bits per heavy atom.